The summed E-state index contributed by atoms with van der Waals surface area (Å²) in [6, 6.07) is 7.76. The summed E-state index contributed by atoms with van der Waals surface area (Å²) in [5.41, 5.74) is 1.07. The normalized spacial score (nSPS) is 10.6. The van der Waals surface area contributed by atoms with Gasteiger partial charge in [-0.05, 0) is 21.8 Å². The van der Waals surface area contributed by atoms with Gasteiger partial charge < -0.3 is 0 Å². The summed E-state index contributed by atoms with van der Waals surface area (Å²) < 4.78 is 1.94. The predicted molar refractivity (Wildman–Crippen MR) is 54.5 cm³/mol. The van der Waals surface area contributed by atoms with Crippen LogP contribution in [0.1, 0.15) is 5.56 Å². The van der Waals surface area contributed by atoms with Crippen LogP contribution in [0.4, 0.5) is 0 Å². The first kappa shape index (κ1) is 8.08. The Morgan fingerprint density at radius 1 is 1.30 bits per heavy atom. The van der Waals surface area contributed by atoms with Gasteiger partial charge in [0.15, 0.2) is 0 Å². The molecule has 1 rings (SSSR count). The van der Waals surface area contributed by atoms with E-state index in [1.165, 1.54) is 0 Å². The Balaban J connectivity index is 3.03. The molecule has 10 heavy (non-hydrogen) atoms. The van der Waals surface area contributed by atoms with E-state index in [0.29, 0.717) is 0 Å². The van der Waals surface area contributed by atoms with Crippen LogP contribution in [0.5, 0.6) is 0 Å². The van der Waals surface area contributed by atoms with E-state index >= 15 is 0 Å². The van der Waals surface area contributed by atoms with Gasteiger partial charge in [-0.3, -0.25) is 0 Å². The fourth-order valence-corrected chi connectivity index (χ4v) is 1.26. The summed E-state index contributed by atoms with van der Waals surface area (Å²) >= 11 is 8.02. The van der Waals surface area contributed by atoms with E-state index < -0.39 is 0 Å². The first-order valence-corrected chi connectivity index (χ1v) is 4.48. The monoisotopic (exact) mass is 264 g/mol. The maximum atomic E-state index is 5.85. The molecule has 0 aliphatic carbocycles. The zero-order valence-electron chi connectivity index (χ0n) is 5.22. The Morgan fingerprint density at radius 3 is 2.60 bits per heavy atom. The number of rotatable bonds is 1. The highest BCUT2D eigenvalue weighted by atomic mass is 127. The molecule has 0 fully saturated rings. The van der Waals surface area contributed by atoms with Crippen LogP contribution < -0.4 is 0 Å². The molecule has 52 valence electrons. The van der Waals surface area contributed by atoms with Crippen molar-refractivity contribution in [3.05, 3.63) is 38.9 Å². The average molecular weight is 264 g/mol. The first-order valence-electron chi connectivity index (χ1n) is 2.86. The average Bonchev–Trinajstić information content (AvgIpc) is 1.94. The summed E-state index contributed by atoms with van der Waals surface area (Å²) in [6.45, 7) is 0. The molecule has 0 bridgehead atoms. The second-order valence-electron chi connectivity index (χ2n) is 1.81. The fraction of sp³-hybridized carbons (Fsp3) is 0. The third-order valence-electron chi connectivity index (χ3n) is 1.15. The molecular formula is C8H6ClI. The van der Waals surface area contributed by atoms with Gasteiger partial charge in [0.2, 0.25) is 0 Å². The maximum Gasteiger partial charge on any atom is 0.0478 e. The smallest absolute Gasteiger partial charge is 0.0478 e. The van der Waals surface area contributed by atoms with Crippen LogP contribution in [0.2, 0.25) is 5.02 Å². The molecule has 0 amide bonds. The molecule has 0 saturated heterocycles. The maximum absolute atomic E-state index is 5.85. The highest BCUT2D eigenvalue weighted by Gasteiger charge is 1.90. The lowest BCUT2D eigenvalue weighted by molar-refractivity contribution is 1.66. The summed E-state index contributed by atoms with van der Waals surface area (Å²) in [6.07, 6.45) is 1.98. The fourth-order valence-electron chi connectivity index (χ4n) is 0.678. The Bertz CT molecular complexity index is 243. The minimum atomic E-state index is 0.801. The molecule has 0 radical (unpaired) electrons. The molecule has 2 heteroatoms. The van der Waals surface area contributed by atoms with Gasteiger partial charge in [-0.2, -0.15) is 0 Å². The van der Waals surface area contributed by atoms with Gasteiger partial charge >= 0.3 is 0 Å². The number of hydrogen-bond donors (Lipinski definition) is 0. The van der Waals surface area contributed by atoms with Crippen molar-refractivity contribution in [2.75, 3.05) is 0 Å². The van der Waals surface area contributed by atoms with E-state index in [9.17, 15) is 0 Å². The number of halogens is 2. The van der Waals surface area contributed by atoms with Crippen LogP contribution in [-0.4, -0.2) is 0 Å². The van der Waals surface area contributed by atoms with Crippen molar-refractivity contribution in [2.24, 2.45) is 0 Å². The number of hydrogen-bond acceptors (Lipinski definition) is 0. The minimum absolute atomic E-state index is 0.801. The zero-order chi connectivity index (χ0) is 7.40. The molecule has 1 aromatic rings. The first-order chi connectivity index (χ1) is 4.84. The molecule has 0 heterocycles. The second kappa shape index (κ2) is 3.98. The molecule has 0 N–H and O–H groups in total. The molecule has 0 atom stereocenters. The van der Waals surface area contributed by atoms with Crippen molar-refractivity contribution in [1.29, 1.82) is 0 Å². The second-order valence-corrected chi connectivity index (χ2v) is 2.94. The molecule has 0 aromatic heterocycles. The van der Waals surface area contributed by atoms with E-state index in [1.807, 2.05) is 34.4 Å². The van der Waals surface area contributed by atoms with Crippen LogP contribution in [0.15, 0.2) is 28.3 Å². The van der Waals surface area contributed by atoms with Crippen LogP contribution in [0.3, 0.4) is 0 Å². The molecule has 1 aromatic carbocycles. The molecule has 0 saturated carbocycles. The summed E-state index contributed by atoms with van der Waals surface area (Å²) in [5, 5.41) is 0.801. The van der Waals surface area contributed by atoms with Crippen LogP contribution in [0.25, 0.3) is 6.08 Å². The lowest BCUT2D eigenvalue weighted by atomic mass is 10.2. The molecule has 0 aliphatic rings. The summed E-state index contributed by atoms with van der Waals surface area (Å²) in [7, 11) is 0. The molecule has 0 nitrogen and oxygen atoms in total. The van der Waals surface area contributed by atoms with E-state index in [-0.39, 0.29) is 0 Å². The lowest BCUT2D eigenvalue weighted by Gasteiger charge is -1.93. The largest absolute Gasteiger partial charge is 0.0837 e. The van der Waals surface area contributed by atoms with Gasteiger partial charge in [0, 0.05) is 5.02 Å². The van der Waals surface area contributed by atoms with Crippen molar-refractivity contribution in [3.8, 4) is 0 Å². The topological polar surface area (TPSA) is 0 Å². The highest BCUT2D eigenvalue weighted by molar-refractivity contribution is 14.1. The summed E-state index contributed by atoms with van der Waals surface area (Å²) in [5.74, 6) is 0. The third kappa shape index (κ3) is 1.99. The highest BCUT2D eigenvalue weighted by Crippen LogP contribution is 2.16. The van der Waals surface area contributed by atoms with Crippen LogP contribution in [0, 0.1) is 0 Å². The SMILES string of the molecule is Clc1ccccc1/C=C/I. The van der Waals surface area contributed by atoms with Gasteiger partial charge in [0.25, 0.3) is 0 Å². The molecular weight excluding hydrogens is 258 g/mol. The van der Waals surface area contributed by atoms with Gasteiger partial charge in [-0.15, -0.1) is 0 Å². The van der Waals surface area contributed by atoms with E-state index in [4.69, 9.17) is 11.6 Å². The number of benzene rings is 1. The van der Waals surface area contributed by atoms with Gasteiger partial charge in [-0.1, -0.05) is 52.4 Å². The van der Waals surface area contributed by atoms with E-state index in [1.54, 1.807) is 0 Å². The van der Waals surface area contributed by atoms with E-state index in [0.717, 1.165) is 10.6 Å². The predicted octanol–water partition coefficient (Wildman–Crippen LogP) is 3.75. The zero-order valence-corrected chi connectivity index (χ0v) is 8.13. The molecule has 0 spiro atoms. The quantitative estimate of drug-likeness (QED) is 0.678. The van der Waals surface area contributed by atoms with Crippen LogP contribution in [-0.2, 0) is 0 Å². The Hall–Kier alpha value is -0.0200. The van der Waals surface area contributed by atoms with E-state index in [2.05, 4.69) is 22.6 Å². The lowest BCUT2D eigenvalue weighted by Crippen LogP contribution is -1.70. The van der Waals surface area contributed by atoms with Gasteiger partial charge in [-0.25, -0.2) is 0 Å². The minimum Gasteiger partial charge on any atom is -0.0837 e. The Morgan fingerprint density at radius 2 is 2.00 bits per heavy atom. The van der Waals surface area contributed by atoms with Gasteiger partial charge in [0.1, 0.15) is 0 Å². The van der Waals surface area contributed by atoms with Crippen molar-refractivity contribution < 1.29 is 0 Å². The Kier molecular flexibility index (Phi) is 3.22. The van der Waals surface area contributed by atoms with Gasteiger partial charge in [0.05, 0.1) is 0 Å². The summed E-state index contributed by atoms with van der Waals surface area (Å²) in [4.78, 5) is 0. The third-order valence-corrected chi connectivity index (χ3v) is 1.85. The van der Waals surface area contributed by atoms with Crippen LogP contribution >= 0.6 is 34.2 Å². The molecule has 0 unspecified atom stereocenters. The molecule has 0 aliphatic heterocycles. The van der Waals surface area contributed by atoms with Crippen molar-refractivity contribution >= 4 is 40.3 Å². The van der Waals surface area contributed by atoms with Crippen molar-refractivity contribution in [3.63, 3.8) is 0 Å². The van der Waals surface area contributed by atoms with Crippen molar-refractivity contribution in [1.82, 2.24) is 0 Å². The van der Waals surface area contributed by atoms with Crippen molar-refractivity contribution in [2.45, 2.75) is 0 Å². The standard InChI is InChI=1S/C8H6ClI/c9-8-4-2-1-3-7(8)5-6-10/h1-6H/b6-5+. The Labute approximate surface area is 79.0 Å².